The maximum Gasteiger partial charge on any atom is 0.413 e. The highest BCUT2D eigenvalue weighted by Crippen LogP contribution is 2.29. The minimum atomic E-state index is -1.71. The van der Waals surface area contributed by atoms with Crippen LogP contribution >= 0.6 is 11.6 Å². The maximum atomic E-state index is 14.8. The van der Waals surface area contributed by atoms with Gasteiger partial charge in [0.2, 0.25) is 0 Å². The zero-order chi connectivity index (χ0) is 22.2. The molecule has 0 saturated carbocycles. The number of hydrogen-bond donors (Lipinski definition) is 1. The summed E-state index contributed by atoms with van der Waals surface area (Å²) in [5.41, 5.74) is -1.53. The van der Waals surface area contributed by atoms with Crippen molar-refractivity contribution in [3.63, 3.8) is 0 Å². The van der Waals surface area contributed by atoms with E-state index in [1.54, 1.807) is 20.8 Å². The number of halogens is 4. The largest absolute Gasteiger partial charge is 0.413 e. The lowest BCUT2D eigenvalue weighted by Crippen LogP contribution is -2.42. The van der Waals surface area contributed by atoms with Crippen LogP contribution in [0.4, 0.5) is 18.0 Å². The first-order valence-corrected chi connectivity index (χ1v) is 8.98. The van der Waals surface area contributed by atoms with Crippen molar-refractivity contribution in [2.45, 2.75) is 26.3 Å². The number of nitrogens with zero attached hydrogens (tertiary/aromatic N) is 2. The number of carbonyl (C=O) groups is 2. The van der Waals surface area contributed by atoms with Crippen LogP contribution in [-0.4, -0.2) is 27.4 Å². The molecule has 1 heterocycles. The summed E-state index contributed by atoms with van der Waals surface area (Å²) in [7, 11) is 0. The lowest BCUT2D eigenvalue weighted by Gasteiger charge is -2.20. The number of hydrogen-bond acceptors (Lipinski definition) is 5. The normalized spacial score (nSPS) is 11.4. The average molecular weight is 438 g/mol. The van der Waals surface area contributed by atoms with Crippen LogP contribution in [0.15, 0.2) is 30.5 Å². The number of rotatable bonds is 3. The molecule has 3 rings (SSSR count). The van der Waals surface area contributed by atoms with Crippen LogP contribution in [0.3, 0.4) is 0 Å². The third-order valence-corrected chi connectivity index (χ3v) is 3.99. The molecule has 0 fully saturated rings. The van der Waals surface area contributed by atoms with Gasteiger partial charge in [0.15, 0.2) is 29.0 Å². The fourth-order valence-corrected chi connectivity index (χ4v) is 2.70. The standard InChI is InChI=1S/C20H15ClF3N3O3/c1-20(2,3)27-19(29)30-13-7-10(22)16(23)15(17(13)24)18(28)9-4-5-11-12(6-9)26-14(21)8-25-11/h4-8H,1-3H3,(H,27,29). The Kier molecular flexibility index (Phi) is 5.67. The average Bonchev–Trinajstić information content (AvgIpc) is 2.64. The number of amides is 1. The zero-order valence-corrected chi connectivity index (χ0v) is 16.8. The van der Waals surface area contributed by atoms with Crippen LogP contribution in [-0.2, 0) is 0 Å². The smallest absolute Gasteiger partial charge is 0.407 e. The van der Waals surface area contributed by atoms with Crippen LogP contribution < -0.4 is 10.1 Å². The summed E-state index contributed by atoms with van der Waals surface area (Å²) >= 11 is 5.77. The van der Waals surface area contributed by atoms with Crippen molar-refractivity contribution < 1.29 is 27.5 Å². The van der Waals surface area contributed by atoms with Gasteiger partial charge in [-0.25, -0.2) is 22.9 Å². The molecule has 10 heteroatoms. The molecule has 1 amide bonds. The molecule has 0 spiro atoms. The van der Waals surface area contributed by atoms with Gasteiger partial charge in [-0.15, -0.1) is 0 Å². The molecule has 0 bridgehead atoms. The predicted octanol–water partition coefficient (Wildman–Crippen LogP) is 4.82. The monoisotopic (exact) mass is 437 g/mol. The van der Waals surface area contributed by atoms with E-state index >= 15 is 0 Å². The minimum absolute atomic E-state index is 0.0516. The van der Waals surface area contributed by atoms with E-state index in [0.717, 1.165) is 0 Å². The van der Waals surface area contributed by atoms with E-state index in [9.17, 15) is 22.8 Å². The summed E-state index contributed by atoms with van der Waals surface area (Å²) in [6.07, 6.45) is 0.199. The van der Waals surface area contributed by atoms with Crippen molar-refractivity contribution >= 4 is 34.5 Å². The van der Waals surface area contributed by atoms with E-state index in [1.165, 1.54) is 24.4 Å². The third kappa shape index (κ3) is 4.51. The van der Waals surface area contributed by atoms with Gasteiger partial charge in [0.1, 0.15) is 10.7 Å². The van der Waals surface area contributed by atoms with E-state index < -0.39 is 46.2 Å². The summed E-state index contributed by atoms with van der Waals surface area (Å²) in [6, 6.07) is 4.22. The fourth-order valence-electron chi connectivity index (χ4n) is 2.56. The Hall–Kier alpha value is -3.20. The minimum Gasteiger partial charge on any atom is -0.407 e. The second-order valence-corrected chi connectivity index (χ2v) is 7.74. The Bertz CT molecular complexity index is 1180. The SMILES string of the molecule is CC(C)(C)NC(=O)Oc1cc(F)c(F)c(C(=O)c2ccc3ncc(Cl)nc3c2)c1F. The molecule has 6 nitrogen and oxygen atoms in total. The Labute approximate surface area is 174 Å². The van der Waals surface area contributed by atoms with E-state index in [0.29, 0.717) is 11.6 Å². The van der Waals surface area contributed by atoms with Gasteiger partial charge >= 0.3 is 6.09 Å². The van der Waals surface area contributed by atoms with E-state index in [-0.39, 0.29) is 16.2 Å². The zero-order valence-electron chi connectivity index (χ0n) is 16.0. The summed E-state index contributed by atoms with van der Waals surface area (Å²) < 4.78 is 48.0. The number of carbonyl (C=O) groups excluding carboxylic acids is 2. The first kappa shape index (κ1) is 21.5. The van der Waals surface area contributed by atoms with E-state index in [2.05, 4.69) is 15.3 Å². The van der Waals surface area contributed by atoms with Crippen molar-refractivity contribution in [3.05, 3.63) is 64.2 Å². The second kappa shape index (κ2) is 7.91. The molecule has 0 unspecified atom stereocenters. The van der Waals surface area contributed by atoms with Gasteiger partial charge in [-0.05, 0) is 39.0 Å². The van der Waals surface area contributed by atoms with Crippen LogP contribution in [0.2, 0.25) is 5.15 Å². The van der Waals surface area contributed by atoms with Crippen molar-refractivity contribution in [2.75, 3.05) is 0 Å². The van der Waals surface area contributed by atoms with Gasteiger partial charge in [-0.1, -0.05) is 11.6 Å². The topological polar surface area (TPSA) is 81.2 Å². The second-order valence-electron chi connectivity index (χ2n) is 7.35. The van der Waals surface area contributed by atoms with Crippen molar-refractivity contribution in [3.8, 4) is 5.75 Å². The molecule has 0 radical (unpaired) electrons. The Balaban J connectivity index is 2.03. The molecule has 3 aromatic rings. The quantitative estimate of drug-likeness (QED) is 0.469. The molecule has 156 valence electrons. The van der Waals surface area contributed by atoms with Crippen molar-refractivity contribution in [1.82, 2.24) is 15.3 Å². The molecule has 0 atom stereocenters. The number of fused-ring (bicyclic) bond motifs is 1. The molecule has 0 aliphatic heterocycles. The van der Waals surface area contributed by atoms with Crippen LogP contribution in [0.25, 0.3) is 11.0 Å². The molecular formula is C20H15ClF3N3O3. The summed E-state index contributed by atoms with van der Waals surface area (Å²) in [5.74, 6) is -6.88. The van der Waals surface area contributed by atoms with E-state index in [1.807, 2.05) is 0 Å². The summed E-state index contributed by atoms with van der Waals surface area (Å²) in [4.78, 5) is 32.6. The summed E-state index contributed by atoms with van der Waals surface area (Å²) in [6.45, 7) is 4.92. The Morgan fingerprint density at radius 3 is 2.43 bits per heavy atom. The van der Waals surface area contributed by atoms with Gasteiger partial charge < -0.3 is 10.1 Å². The van der Waals surface area contributed by atoms with Gasteiger partial charge in [0.05, 0.1) is 17.2 Å². The first-order valence-electron chi connectivity index (χ1n) is 8.61. The number of aromatic nitrogens is 2. The lowest BCUT2D eigenvalue weighted by molar-refractivity contribution is 0.102. The molecule has 2 aromatic carbocycles. The highest BCUT2D eigenvalue weighted by molar-refractivity contribution is 6.29. The molecule has 1 N–H and O–H groups in total. The lowest BCUT2D eigenvalue weighted by atomic mass is 10.0. The van der Waals surface area contributed by atoms with Gasteiger partial charge in [-0.2, -0.15) is 0 Å². The summed E-state index contributed by atoms with van der Waals surface area (Å²) in [5, 5.41) is 2.43. The molecule has 0 aliphatic carbocycles. The van der Waals surface area contributed by atoms with Crippen molar-refractivity contribution in [1.29, 1.82) is 0 Å². The number of ketones is 1. The van der Waals surface area contributed by atoms with Crippen molar-refractivity contribution in [2.24, 2.45) is 0 Å². The van der Waals surface area contributed by atoms with Gasteiger partial charge in [0.25, 0.3) is 0 Å². The number of ether oxygens (including phenoxy) is 1. The van der Waals surface area contributed by atoms with Crippen LogP contribution in [0.5, 0.6) is 5.75 Å². The van der Waals surface area contributed by atoms with Gasteiger partial charge in [0, 0.05) is 17.2 Å². The highest BCUT2D eigenvalue weighted by atomic mass is 35.5. The maximum absolute atomic E-state index is 14.8. The highest BCUT2D eigenvalue weighted by Gasteiger charge is 2.28. The van der Waals surface area contributed by atoms with E-state index in [4.69, 9.17) is 16.3 Å². The predicted molar refractivity (Wildman–Crippen MR) is 103 cm³/mol. The number of benzene rings is 2. The van der Waals surface area contributed by atoms with Gasteiger partial charge in [-0.3, -0.25) is 9.78 Å². The first-order chi connectivity index (χ1) is 14.0. The van der Waals surface area contributed by atoms with Crippen LogP contribution in [0, 0.1) is 17.5 Å². The Morgan fingerprint density at radius 2 is 1.77 bits per heavy atom. The fraction of sp³-hybridized carbons (Fsp3) is 0.200. The van der Waals surface area contributed by atoms with Crippen LogP contribution in [0.1, 0.15) is 36.7 Å². The number of nitrogens with one attached hydrogen (secondary N) is 1. The molecular weight excluding hydrogens is 423 g/mol. The Morgan fingerprint density at radius 1 is 1.07 bits per heavy atom. The molecule has 30 heavy (non-hydrogen) atoms. The molecule has 0 saturated heterocycles. The molecule has 0 aliphatic rings. The third-order valence-electron chi connectivity index (χ3n) is 3.80. The molecule has 1 aromatic heterocycles.